The highest BCUT2D eigenvalue weighted by Crippen LogP contribution is 2.78. The van der Waals surface area contributed by atoms with Crippen molar-refractivity contribution in [2.24, 2.45) is 68.5 Å². The van der Waals surface area contributed by atoms with Crippen LogP contribution in [0.15, 0.2) is 0 Å². The number of carbonyl (C=O) groups is 1. The summed E-state index contributed by atoms with van der Waals surface area (Å²) in [6.45, 7) is 20.1. The maximum Gasteiger partial charge on any atom is 0.335 e. The summed E-state index contributed by atoms with van der Waals surface area (Å²) >= 11 is 0. The van der Waals surface area contributed by atoms with Gasteiger partial charge in [-0.3, -0.25) is 0 Å². The molecule has 6 fully saturated rings. The molecule has 6 rings (SSSR count). The maximum atomic E-state index is 11.4. The molecule has 0 aromatic rings. The first kappa shape index (κ1) is 40.8. The standard InChI is InChI=1S/C42H72O10/c1-22-19-38(3,4)28-15-18-42(8)30(40(28,6)20-22)12-11-29-39(5)16-13-24(25(39)14-17-41(29,42)7)23(2)9-10-26(43)31(45)27(44)21-51-37-34(48)32(46)33(47)35(52-37)36(49)50/h22-35,37,43-48H,9-21H2,1-8H3,(H,49,50)/t22-,23+,24-,25?,26-,27+,28?,29?,30?,31-,32+,33-,34-,35+,37-,39+,40+,41-,42-/m1/s1. The van der Waals surface area contributed by atoms with E-state index in [4.69, 9.17) is 9.47 Å². The smallest absolute Gasteiger partial charge is 0.335 e. The number of ether oxygens (including phenoxy) is 2. The lowest BCUT2D eigenvalue weighted by atomic mass is 9.31. The molecule has 19 atom stereocenters. The van der Waals surface area contributed by atoms with Gasteiger partial charge in [0.2, 0.25) is 0 Å². The molecule has 4 unspecified atom stereocenters. The van der Waals surface area contributed by atoms with Crippen LogP contribution >= 0.6 is 0 Å². The molecular weight excluding hydrogens is 664 g/mol. The van der Waals surface area contributed by atoms with E-state index < -0.39 is 61.6 Å². The number of aliphatic hydroxyl groups is 6. The van der Waals surface area contributed by atoms with Gasteiger partial charge in [-0.25, -0.2) is 4.79 Å². The molecule has 0 aromatic heterocycles. The number of hydrogen-bond acceptors (Lipinski definition) is 9. The van der Waals surface area contributed by atoms with E-state index in [-0.39, 0.29) is 0 Å². The minimum absolute atomic E-state index is 0.303. The molecule has 10 heteroatoms. The molecule has 1 heterocycles. The van der Waals surface area contributed by atoms with Gasteiger partial charge < -0.3 is 45.2 Å². The van der Waals surface area contributed by atoms with Gasteiger partial charge in [0.1, 0.15) is 30.5 Å². The molecule has 0 spiro atoms. The molecule has 0 amide bonds. The van der Waals surface area contributed by atoms with Gasteiger partial charge >= 0.3 is 5.97 Å². The van der Waals surface area contributed by atoms with E-state index in [1.807, 2.05) is 0 Å². The van der Waals surface area contributed by atoms with Crippen LogP contribution in [-0.2, 0) is 14.3 Å². The average molecular weight is 737 g/mol. The Hall–Kier alpha value is -0.850. The second-order valence-corrected chi connectivity index (χ2v) is 20.7. The average Bonchev–Trinajstić information content (AvgIpc) is 3.41. The minimum atomic E-state index is -1.86. The summed E-state index contributed by atoms with van der Waals surface area (Å²) in [5.74, 6) is 3.12. The number of aliphatic carboxylic acids is 1. The van der Waals surface area contributed by atoms with Gasteiger partial charge in [0.25, 0.3) is 0 Å². The molecule has 0 aromatic carbocycles. The van der Waals surface area contributed by atoms with Crippen LogP contribution in [0.4, 0.5) is 0 Å². The van der Waals surface area contributed by atoms with E-state index in [9.17, 15) is 40.5 Å². The van der Waals surface area contributed by atoms with Gasteiger partial charge in [0, 0.05) is 0 Å². The van der Waals surface area contributed by atoms with Crippen molar-refractivity contribution in [3.05, 3.63) is 0 Å². The van der Waals surface area contributed by atoms with Gasteiger partial charge in [-0.2, -0.15) is 0 Å². The predicted octanol–water partition coefficient (Wildman–Crippen LogP) is 5.13. The zero-order valence-electron chi connectivity index (χ0n) is 33.2. The zero-order chi connectivity index (χ0) is 38.3. The third kappa shape index (κ3) is 6.43. The molecule has 7 N–H and O–H groups in total. The summed E-state index contributed by atoms with van der Waals surface area (Å²) < 4.78 is 10.4. The van der Waals surface area contributed by atoms with Gasteiger partial charge in [-0.1, -0.05) is 55.4 Å². The van der Waals surface area contributed by atoms with Crippen LogP contribution in [0.2, 0.25) is 0 Å². The summed E-state index contributed by atoms with van der Waals surface area (Å²) in [5.41, 5.74) is 1.82. The fraction of sp³-hybridized carbons (Fsp3) is 0.976. The monoisotopic (exact) mass is 737 g/mol. The lowest BCUT2D eigenvalue weighted by Gasteiger charge is -2.73. The Morgan fingerprint density at radius 1 is 0.750 bits per heavy atom. The van der Waals surface area contributed by atoms with Crippen LogP contribution in [0.5, 0.6) is 0 Å². The third-order valence-corrected chi connectivity index (χ3v) is 17.6. The highest BCUT2D eigenvalue weighted by Gasteiger charge is 2.70. The second-order valence-electron chi connectivity index (χ2n) is 20.7. The molecule has 0 bridgehead atoms. The Kier molecular flexibility index (Phi) is 11.2. The SMILES string of the molecule is C[C@@H]1CC(C)(C)C2CC[C@]3(C)C(CCC4[C@@]5(C)CC[C@H]([C@@H](C)CC[C@@H](O)[C@@H](O)[C@@H](O)CO[C@@H]6O[C@H](C(=O)O)[C@H](O)[C@H](O)[C@H]6O)C5CC[C@]43C)[C@@]2(C)C1. The highest BCUT2D eigenvalue weighted by molar-refractivity contribution is 5.73. The number of carboxylic acid groups (broad SMARTS) is 1. The van der Waals surface area contributed by atoms with Gasteiger partial charge in [0.15, 0.2) is 12.4 Å². The van der Waals surface area contributed by atoms with E-state index >= 15 is 0 Å². The van der Waals surface area contributed by atoms with Crippen LogP contribution in [0.25, 0.3) is 0 Å². The summed E-state index contributed by atoms with van der Waals surface area (Å²) in [7, 11) is 0. The summed E-state index contributed by atoms with van der Waals surface area (Å²) in [6, 6.07) is 0. The molecule has 1 saturated heterocycles. The maximum absolute atomic E-state index is 11.4. The molecule has 0 radical (unpaired) electrons. The lowest BCUT2D eigenvalue weighted by molar-refractivity contribution is -0.299. The first-order valence-electron chi connectivity index (χ1n) is 20.7. The largest absolute Gasteiger partial charge is 0.479 e. The molecular formula is C42H72O10. The molecule has 5 aliphatic carbocycles. The van der Waals surface area contributed by atoms with Crippen molar-refractivity contribution >= 4 is 5.97 Å². The van der Waals surface area contributed by atoms with Crippen LogP contribution in [0.1, 0.15) is 132 Å². The third-order valence-electron chi connectivity index (χ3n) is 17.6. The number of aliphatic hydroxyl groups excluding tert-OH is 6. The Balaban J connectivity index is 1.05. The first-order valence-corrected chi connectivity index (χ1v) is 20.7. The van der Waals surface area contributed by atoms with Gasteiger partial charge in [-0.05, 0) is 146 Å². The zero-order valence-corrected chi connectivity index (χ0v) is 33.2. The first-order chi connectivity index (χ1) is 24.1. The number of rotatable bonds is 10. The van der Waals surface area contributed by atoms with E-state index in [0.29, 0.717) is 57.7 Å². The normalized spacial score (nSPS) is 50.8. The van der Waals surface area contributed by atoms with Crippen LogP contribution < -0.4 is 0 Å². The Morgan fingerprint density at radius 2 is 1.37 bits per heavy atom. The Morgan fingerprint density at radius 3 is 2.00 bits per heavy atom. The van der Waals surface area contributed by atoms with E-state index in [1.54, 1.807) is 0 Å². The van der Waals surface area contributed by atoms with Gasteiger partial charge in [-0.15, -0.1) is 0 Å². The van der Waals surface area contributed by atoms with Crippen molar-refractivity contribution in [1.29, 1.82) is 0 Å². The second kappa shape index (κ2) is 14.3. The number of hydrogen-bond donors (Lipinski definition) is 7. The van der Waals surface area contributed by atoms with Crippen molar-refractivity contribution in [1.82, 2.24) is 0 Å². The molecule has 10 nitrogen and oxygen atoms in total. The Bertz CT molecular complexity index is 1290. The van der Waals surface area contributed by atoms with Crippen molar-refractivity contribution in [3.63, 3.8) is 0 Å². The fourth-order valence-corrected chi connectivity index (χ4v) is 15.3. The fourth-order valence-electron chi connectivity index (χ4n) is 15.3. The van der Waals surface area contributed by atoms with E-state index in [1.165, 1.54) is 64.2 Å². The van der Waals surface area contributed by atoms with E-state index in [0.717, 1.165) is 23.7 Å². The molecule has 300 valence electrons. The van der Waals surface area contributed by atoms with E-state index in [2.05, 4.69) is 55.4 Å². The van der Waals surface area contributed by atoms with Crippen LogP contribution in [0, 0.1) is 68.5 Å². The van der Waals surface area contributed by atoms with Crippen molar-refractivity contribution in [3.8, 4) is 0 Å². The van der Waals surface area contributed by atoms with Gasteiger partial charge in [0.05, 0.1) is 12.7 Å². The molecule has 1 aliphatic heterocycles. The van der Waals surface area contributed by atoms with Crippen LogP contribution in [0.3, 0.4) is 0 Å². The summed E-state index contributed by atoms with van der Waals surface area (Å²) in [5, 5.41) is 71.7. The molecule has 6 aliphatic rings. The quantitative estimate of drug-likeness (QED) is 0.159. The van der Waals surface area contributed by atoms with Crippen molar-refractivity contribution in [2.75, 3.05) is 6.61 Å². The van der Waals surface area contributed by atoms with Crippen molar-refractivity contribution < 1.29 is 50.0 Å². The lowest BCUT2D eigenvalue weighted by Crippen LogP contribution is -2.66. The molecule has 5 saturated carbocycles. The minimum Gasteiger partial charge on any atom is -0.479 e. The number of carboxylic acids is 1. The summed E-state index contributed by atoms with van der Waals surface area (Å²) in [6.07, 6.45) is 0.972. The highest BCUT2D eigenvalue weighted by atomic mass is 16.7. The molecule has 52 heavy (non-hydrogen) atoms. The van der Waals surface area contributed by atoms with Crippen LogP contribution in [-0.4, -0.2) is 97.3 Å². The topological polar surface area (TPSA) is 177 Å². The van der Waals surface area contributed by atoms with Crippen molar-refractivity contribution in [2.45, 2.75) is 181 Å². The number of fused-ring (bicyclic) bond motifs is 7. The predicted molar refractivity (Wildman–Crippen MR) is 196 cm³/mol. The summed E-state index contributed by atoms with van der Waals surface area (Å²) in [4.78, 5) is 11.4. The Labute approximate surface area is 312 Å².